The first-order valence-corrected chi connectivity index (χ1v) is 6.73. The number of hydrogen-bond acceptors (Lipinski definition) is 7. The Morgan fingerprint density at radius 3 is 2.75 bits per heavy atom. The van der Waals surface area contributed by atoms with E-state index in [9.17, 15) is 9.59 Å². The molecule has 3 aliphatic rings. The van der Waals surface area contributed by atoms with Gasteiger partial charge in [-0.05, 0) is 32.4 Å². The predicted octanol–water partition coefficient (Wildman–Crippen LogP) is 0.112. The van der Waals surface area contributed by atoms with Crippen LogP contribution in [0.25, 0.3) is 0 Å². The first-order chi connectivity index (χ1) is 9.68. The van der Waals surface area contributed by atoms with Gasteiger partial charge >= 0.3 is 11.9 Å². The second-order valence-electron chi connectivity index (χ2n) is 5.59. The molecule has 2 atom stereocenters. The van der Waals surface area contributed by atoms with Gasteiger partial charge < -0.3 is 19.2 Å². The lowest BCUT2D eigenvalue weighted by atomic mass is 9.50. The van der Waals surface area contributed by atoms with E-state index in [1.54, 1.807) is 0 Å². The molecule has 106 valence electrons. The highest BCUT2D eigenvalue weighted by Crippen LogP contribution is 2.64. The number of piperidine rings is 1. The average Bonchev–Trinajstić information content (AvgIpc) is 2.98. The molecule has 1 saturated carbocycles. The second-order valence-corrected chi connectivity index (χ2v) is 5.59. The van der Waals surface area contributed by atoms with Crippen molar-refractivity contribution in [1.82, 2.24) is 10.3 Å². The van der Waals surface area contributed by atoms with Gasteiger partial charge in [-0.2, -0.15) is 0 Å². The number of ether oxygens (including phenoxy) is 2. The molecule has 1 N–H and O–H groups in total. The minimum Gasteiger partial charge on any atom is -0.449 e. The second kappa shape index (κ2) is 3.82. The number of oxazole rings is 1. The maximum Gasteiger partial charge on any atom is 0.418 e. The molecule has 2 unspecified atom stereocenters. The Hall–Kier alpha value is -1.89. The summed E-state index contributed by atoms with van der Waals surface area (Å²) in [4.78, 5) is 27.3. The van der Waals surface area contributed by atoms with Crippen LogP contribution in [-0.4, -0.2) is 36.1 Å². The van der Waals surface area contributed by atoms with Crippen LogP contribution in [0.1, 0.15) is 25.2 Å². The first kappa shape index (κ1) is 11.9. The number of nitrogens with one attached hydrogen (secondary N) is 1. The van der Waals surface area contributed by atoms with Crippen LogP contribution in [0.15, 0.2) is 16.9 Å². The van der Waals surface area contributed by atoms with Gasteiger partial charge in [0.1, 0.15) is 6.26 Å². The third kappa shape index (κ3) is 1.26. The van der Waals surface area contributed by atoms with Crippen molar-refractivity contribution in [2.75, 3.05) is 13.1 Å². The van der Waals surface area contributed by atoms with Crippen LogP contribution in [0.3, 0.4) is 0 Å². The Bertz CT molecular complexity index is 563. The summed E-state index contributed by atoms with van der Waals surface area (Å²) in [6.45, 7) is 1.67. The smallest absolute Gasteiger partial charge is 0.418 e. The fourth-order valence-electron chi connectivity index (χ4n) is 3.82. The van der Waals surface area contributed by atoms with Gasteiger partial charge in [-0.1, -0.05) is 0 Å². The van der Waals surface area contributed by atoms with Gasteiger partial charge in [-0.3, -0.25) is 0 Å². The minimum absolute atomic E-state index is 0.260. The topological polar surface area (TPSA) is 90.7 Å². The third-order valence-corrected chi connectivity index (χ3v) is 4.80. The standard InChI is InChI=1S/C13H14N2O5/c16-9-10(17)20-13(11-15-5-6-18-11)8(19-9)7-12(13)1-3-14-4-2-12/h5-6,8,14H,1-4,7H2. The maximum atomic E-state index is 11.7. The summed E-state index contributed by atoms with van der Waals surface area (Å²) in [6.07, 6.45) is 4.80. The van der Waals surface area contributed by atoms with E-state index in [0.717, 1.165) is 25.9 Å². The summed E-state index contributed by atoms with van der Waals surface area (Å²) in [6, 6.07) is 0. The van der Waals surface area contributed by atoms with Crippen LogP contribution in [0.5, 0.6) is 0 Å². The highest BCUT2D eigenvalue weighted by molar-refractivity contribution is 6.30. The number of carbonyl (C=O) groups is 2. The Kier molecular flexibility index (Phi) is 2.27. The lowest BCUT2D eigenvalue weighted by Gasteiger charge is -2.62. The molecule has 1 aromatic heterocycles. The van der Waals surface area contributed by atoms with Gasteiger partial charge in [0, 0.05) is 5.41 Å². The van der Waals surface area contributed by atoms with E-state index in [1.807, 2.05) is 0 Å². The van der Waals surface area contributed by atoms with Gasteiger partial charge in [-0.15, -0.1) is 0 Å². The molecule has 0 bridgehead atoms. The van der Waals surface area contributed by atoms with E-state index in [0.29, 0.717) is 12.3 Å². The summed E-state index contributed by atoms with van der Waals surface area (Å²) in [5.41, 5.74) is -1.31. The monoisotopic (exact) mass is 278 g/mol. The van der Waals surface area contributed by atoms with Crippen molar-refractivity contribution in [1.29, 1.82) is 0 Å². The minimum atomic E-state index is -1.05. The fraction of sp³-hybridized carbons (Fsp3) is 0.615. The van der Waals surface area contributed by atoms with Gasteiger partial charge in [0.2, 0.25) is 11.5 Å². The third-order valence-electron chi connectivity index (χ3n) is 4.80. The molecule has 3 fully saturated rings. The SMILES string of the molecule is O=C1OC2CC3(CCNCC3)C2(c2ncco2)OC1=O. The van der Waals surface area contributed by atoms with E-state index in [4.69, 9.17) is 13.9 Å². The number of aromatic nitrogens is 1. The van der Waals surface area contributed by atoms with Crippen molar-refractivity contribution in [2.45, 2.75) is 31.0 Å². The van der Waals surface area contributed by atoms with Crippen molar-refractivity contribution in [3.05, 3.63) is 18.4 Å². The molecule has 0 amide bonds. The molecule has 4 rings (SSSR count). The maximum absolute atomic E-state index is 11.7. The quantitative estimate of drug-likeness (QED) is 0.576. The van der Waals surface area contributed by atoms with Crippen molar-refractivity contribution >= 4 is 11.9 Å². The lowest BCUT2D eigenvalue weighted by Crippen LogP contribution is -2.72. The van der Waals surface area contributed by atoms with Crippen LogP contribution >= 0.6 is 0 Å². The highest BCUT2D eigenvalue weighted by Gasteiger charge is 2.75. The first-order valence-electron chi connectivity index (χ1n) is 6.73. The zero-order valence-electron chi connectivity index (χ0n) is 10.8. The van der Waals surface area contributed by atoms with Crippen molar-refractivity contribution in [3.8, 4) is 0 Å². The number of fused-ring (bicyclic) bond motifs is 2. The summed E-state index contributed by atoms with van der Waals surface area (Å²) in [7, 11) is 0. The fourth-order valence-corrected chi connectivity index (χ4v) is 3.82. The molecule has 1 aromatic rings. The molecule has 7 nitrogen and oxygen atoms in total. The number of esters is 2. The lowest BCUT2D eigenvalue weighted by molar-refractivity contribution is -0.308. The molecule has 1 aliphatic carbocycles. The van der Waals surface area contributed by atoms with E-state index >= 15 is 0 Å². The van der Waals surface area contributed by atoms with Gasteiger partial charge in [0.15, 0.2) is 6.10 Å². The Morgan fingerprint density at radius 2 is 2.05 bits per heavy atom. The summed E-state index contributed by atoms with van der Waals surface area (Å²) < 4.78 is 16.2. The predicted molar refractivity (Wildman–Crippen MR) is 63.3 cm³/mol. The molecule has 3 heterocycles. The summed E-state index contributed by atoms with van der Waals surface area (Å²) >= 11 is 0. The zero-order valence-corrected chi connectivity index (χ0v) is 10.8. The van der Waals surface area contributed by atoms with E-state index < -0.39 is 23.6 Å². The van der Waals surface area contributed by atoms with Crippen LogP contribution in [0, 0.1) is 5.41 Å². The van der Waals surface area contributed by atoms with Gasteiger partial charge in [0.05, 0.1) is 6.20 Å². The van der Waals surface area contributed by atoms with E-state index in [-0.39, 0.29) is 5.41 Å². The normalized spacial score (nSPS) is 34.9. The molecule has 7 heteroatoms. The Balaban J connectivity index is 1.81. The zero-order chi connectivity index (χ0) is 13.8. The van der Waals surface area contributed by atoms with E-state index in [2.05, 4.69) is 10.3 Å². The Labute approximate surface area is 114 Å². The molecular weight excluding hydrogens is 264 g/mol. The van der Waals surface area contributed by atoms with E-state index in [1.165, 1.54) is 12.5 Å². The van der Waals surface area contributed by atoms with Gasteiger partial charge in [0.25, 0.3) is 0 Å². The van der Waals surface area contributed by atoms with Crippen LogP contribution in [0.4, 0.5) is 0 Å². The van der Waals surface area contributed by atoms with Gasteiger partial charge in [-0.25, -0.2) is 14.6 Å². The van der Waals surface area contributed by atoms with Crippen LogP contribution in [0.2, 0.25) is 0 Å². The summed E-state index contributed by atoms with van der Waals surface area (Å²) in [5.74, 6) is -1.56. The number of rotatable bonds is 1. The molecule has 20 heavy (non-hydrogen) atoms. The largest absolute Gasteiger partial charge is 0.449 e. The van der Waals surface area contributed by atoms with Crippen molar-refractivity contribution in [2.24, 2.45) is 5.41 Å². The summed E-state index contributed by atoms with van der Waals surface area (Å²) in [5, 5.41) is 3.29. The number of nitrogens with zero attached hydrogens (tertiary/aromatic N) is 1. The molecule has 0 radical (unpaired) electrons. The van der Waals surface area contributed by atoms with Crippen LogP contribution in [-0.2, 0) is 24.7 Å². The number of carbonyl (C=O) groups excluding carboxylic acids is 2. The van der Waals surface area contributed by atoms with Crippen LogP contribution < -0.4 is 5.32 Å². The van der Waals surface area contributed by atoms with Crippen molar-refractivity contribution in [3.63, 3.8) is 0 Å². The Morgan fingerprint density at radius 1 is 1.25 bits per heavy atom. The highest BCUT2D eigenvalue weighted by atomic mass is 16.7. The molecule has 1 spiro atoms. The molecular formula is C13H14N2O5. The average molecular weight is 278 g/mol. The molecule has 0 aromatic carbocycles. The van der Waals surface area contributed by atoms with Crippen molar-refractivity contribution < 1.29 is 23.5 Å². The molecule has 2 aliphatic heterocycles. The number of hydrogen-bond donors (Lipinski definition) is 1. The molecule has 2 saturated heterocycles.